The van der Waals surface area contributed by atoms with E-state index in [1.54, 1.807) is 0 Å². The highest BCUT2D eigenvalue weighted by Crippen LogP contribution is 2.69. The van der Waals surface area contributed by atoms with Gasteiger partial charge in [-0.15, -0.1) is 0 Å². The normalized spacial score (nSPS) is 55.8. The lowest BCUT2D eigenvalue weighted by Crippen LogP contribution is -2.55. The van der Waals surface area contributed by atoms with Crippen LogP contribution >= 0.6 is 0 Å². The Kier molecular flexibility index (Phi) is 4.10. The van der Waals surface area contributed by atoms with Crippen LogP contribution in [0.25, 0.3) is 0 Å². The van der Waals surface area contributed by atoms with Gasteiger partial charge in [0.1, 0.15) is 0 Å². The zero-order chi connectivity index (χ0) is 18.2. The summed E-state index contributed by atoms with van der Waals surface area (Å²) in [5, 5.41) is 10.2. The Morgan fingerprint density at radius 3 is 2.23 bits per heavy atom. The van der Waals surface area contributed by atoms with Crippen molar-refractivity contribution in [2.75, 3.05) is 13.2 Å². The largest absolute Gasteiger partial charge is 0.393 e. The highest BCUT2D eigenvalue weighted by atomic mass is 16.7. The zero-order valence-corrected chi connectivity index (χ0v) is 17.0. The smallest absolute Gasteiger partial charge is 0.169 e. The average Bonchev–Trinajstić information content (AvgIpc) is 3.19. The Balaban J connectivity index is 1.41. The molecule has 8 atom stereocenters. The van der Waals surface area contributed by atoms with Gasteiger partial charge in [-0.25, -0.2) is 0 Å². The van der Waals surface area contributed by atoms with Gasteiger partial charge >= 0.3 is 0 Å². The van der Waals surface area contributed by atoms with Crippen molar-refractivity contribution in [2.24, 2.45) is 40.4 Å². The minimum Gasteiger partial charge on any atom is -0.393 e. The van der Waals surface area contributed by atoms with Gasteiger partial charge in [0.15, 0.2) is 5.79 Å². The van der Waals surface area contributed by atoms with Crippen molar-refractivity contribution in [1.29, 1.82) is 0 Å². The molecule has 4 saturated carbocycles. The molecule has 5 fully saturated rings. The molecule has 5 aliphatic rings. The second-order valence-corrected chi connectivity index (χ2v) is 11.0. The van der Waals surface area contributed by atoms with E-state index in [4.69, 9.17) is 9.47 Å². The molecule has 0 amide bonds. The van der Waals surface area contributed by atoms with Crippen LogP contribution in [0.2, 0.25) is 0 Å². The van der Waals surface area contributed by atoms with Crippen LogP contribution in [0.4, 0.5) is 0 Å². The molecule has 5 rings (SSSR count). The molecule has 0 radical (unpaired) electrons. The van der Waals surface area contributed by atoms with Crippen molar-refractivity contribution < 1.29 is 14.6 Å². The van der Waals surface area contributed by atoms with Crippen molar-refractivity contribution in [1.82, 2.24) is 0 Å². The van der Waals surface area contributed by atoms with Gasteiger partial charge < -0.3 is 14.6 Å². The summed E-state index contributed by atoms with van der Waals surface area (Å²) in [6.07, 6.45) is 11.4. The summed E-state index contributed by atoms with van der Waals surface area (Å²) < 4.78 is 12.3. The van der Waals surface area contributed by atoms with Gasteiger partial charge in [0.2, 0.25) is 0 Å². The first-order valence-corrected chi connectivity index (χ1v) is 11.3. The van der Waals surface area contributed by atoms with E-state index in [2.05, 4.69) is 20.8 Å². The molecular weight excluding hydrogens is 324 g/mol. The fraction of sp³-hybridized carbons (Fsp3) is 1.00. The fourth-order valence-corrected chi connectivity index (χ4v) is 8.83. The molecule has 0 bridgehead atoms. The van der Waals surface area contributed by atoms with Gasteiger partial charge in [0, 0.05) is 5.92 Å². The first-order valence-electron chi connectivity index (χ1n) is 11.3. The van der Waals surface area contributed by atoms with Crippen LogP contribution in [-0.4, -0.2) is 30.2 Å². The summed E-state index contributed by atoms with van der Waals surface area (Å²) in [7, 11) is 0. The Labute approximate surface area is 159 Å². The number of fused-ring (bicyclic) bond motifs is 5. The van der Waals surface area contributed by atoms with E-state index in [-0.39, 0.29) is 11.9 Å². The summed E-state index contributed by atoms with van der Waals surface area (Å²) >= 11 is 0. The molecule has 0 spiro atoms. The monoisotopic (exact) mass is 362 g/mol. The van der Waals surface area contributed by atoms with Crippen molar-refractivity contribution in [3.63, 3.8) is 0 Å². The molecule has 1 saturated heterocycles. The van der Waals surface area contributed by atoms with Crippen molar-refractivity contribution in [2.45, 2.75) is 90.4 Å². The van der Waals surface area contributed by atoms with Gasteiger partial charge in [-0.3, -0.25) is 0 Å². The first kappa shape index (κ1) is 17.9. The van der Waals surface area contributed by atoms with Crippen LogP contribution in [0.15, 0.2) is 0 Å². The first-order chi connectivity index (χ1) is 12.4. The Bertz CT molecular complexity index is 556. The summed E-state index contributed by atoms with van der Waals surface area (Å²) in [5.41, 5.74) is 0.865. The van der Waals surface area contributed by atoms with Crippen LogP contribution in [-0.2, 0) is 9.47 Å². The lowest BCUT2D eigenvalue weighted by Gasteiger charge is -2.61. The second kappa shape index (κ2) is 5.94. The minimum atomic E-state index is -0.341. The maximum Gasteiger partial charge on any atom is 0.169 e. The van der Waals surface area contributed by atoms with Crippen molar-refractivity contribution in [3.05, 3.63) is 0 Å². The van der Waals surface area contributed by atoms with E-state index >= 15 is 0 Å². The van der Waals surface area contributed by atoms with E-state index in [0.717, 1.165) is 49.7 Å². The highest BCUT2D eigenvalue weighted by Gasteiger charge is 2.63. The van der Waals surface area contributed by atoms with Gasteiger partial charge in [0.25, 0.3) is 0 Å². The second-order valence-electron chi connectivity index (χ2n) is 11.0. The third-order valence-corrected chi connectivity index (χ3v) is 10.1. The number of hydrogen-bond acceptors (Lipinski definition) is 3. The van der Waals surface area contributed by atoms with Gasteiger partial charge in [0.05, 0.1) is 19.3 Å². The topological polar surface area (TPSA) is 38.7 Å². The maximum absolute atomic E-state index is 10.2. The molecule has 0 unspecified atom stereocenters. The summed E-state index contributed by atoms with van der Waals surface area (Å²) in [6, 6.07) is 0. The predicted molar refractivity (Wildman–Crippen MR) is 102 cm³/mol. The highest BCUT2D eigenvalue weighted by molar-refractivity contribution is 5.11. The Hall–Kier alpha value is -0.120. The molecule has 3 nitrogen and oxygen atoms in total. The molecule has 3 heteroatoms. The van der Waals surface area contributed by atoms with E-state index in [9.17, 15) is 5.11 Å². The number of rotatable bonds is 1. The third kappa shape index (κ3) is 2.35. The molecular formula is C23H38O3. The zero-order valence-electron chi connectivity index (χ0n) is 17.0. The van der Waals surface area contributed by atoms with Gasteiger partial charge in [-0.1, -0.05) is 13.8 Å². The lowest BCUT2D eigenvalue weighted by molar-refractivity contribution is -0.218. The van der Waals surface area contributed by atoms with E-state index < -0.39 is 0 Å². The minimum absolute atomic E-state index is 0.0362. The van der Waals surface area contributed by atoms with E-state index in [1.807, 2.05) is 0 Å². The Morgan fingerprint density at radius 2 is 1.46 bits per heavy atom. The number of hydrogen-bond donors (Lipinski definition) is 1. The molecule has 1 aliphatic heterocycles. The predicted octanol–water partition coefficient (Wildman–Crippen LogP) is 4.77. The number of ether oxygens (including phenoxy) is 2. The van der Waals surface area contributed by atoms with Gasteiger partial charge in [-0.2, -0.15) is 0 Å². The molecule has 0 aromatic carbocycles. The van der Waals surface area contributed by atoms with Crippen LogP contribution in [0.1, 0.15) is 78.6 Å². The van der Waals surface area contributed by atoms with Crippen molar-refractivity contribution in [3.8, 4) is 0 Å². The number of aliphatic hydroxyl groups is 1. The molecule has 0 aromatic heterocycles. The molecule has 26 heavy (non-hydrogen) atoms. The van der Waals surface area contributed by atoms with Crippen LogP contribution in [0.5, 0.6) is 0 Å². The molecule has 1 N–H and O–H groups in total. The van der Waals surface area contributed by atoms with Crippen molar-refractivity contribution >= 4 is 0 Å². The van der Waals surface area contributed by atoms with Crippen LogP contribution in [0.3, 0.4) is 0 Å². The molecule has 4 aliphatic carbocycles. The van der Waals surface area contributed by atoms with E-state index in [0.29, 0.717) is 16.7 Å². The quantitative estimate of drug-likeness (QED) is 0.730. The standard InChI is InChI=1S/C23H38O3/c1-21-10-8-16(24)14-15(21)4-5-17-18-6-7-20(23(3)25-12-13-26-23)22(18,2)11-9-19(17)21/h15-20,24H,4-14H2,1-3H3/t15-,16+,17-,18+,19-,20-,21+,22+/m0/s1. The van der Waals surface area contributed by atoms with Gasteiger partial charge in [-0.05, 0) is 99.2 Å². The summed E-state index contributed by atoms with van der Waals surface area (Å²) in [6.45, 7) is 8.90. The fourth-order valence-electron chi connectivity index (χ4n) is 8.83. The van der Waals surface area contributed by atoms with E-state index in [1.165, 1.54) is 44.9 Å². The van der Waals surface area contributed by atoms with Crippen LogP contribution < -0.4 is 0 Å². The lowest BCUT2D eigenvalue weighted by atomic mass is 9.44. The molecule has 0 aromatic rings. The summed E-state index contributed by atoms with van der Waals surface area (Å²) in [4.78, 5) is 0. The average molecular weight is 363 g/mol. The van der Waals surface area contributed by atoms with Crippen LogP contribution in [0, 0.1) is 40.4 Å². The molecule has 1 heterocycles. The maximum atomic E-state index is 10.2. The molecule has 148 valence electrons. The summed E-state index contributed by atoms with van der Waals surface area (Å²) in [5.74, 6) is 3.59. The third-order valence-electron chi connectivity index (χ3n) is 10.1. The Morgan fingerprint density at radius 1 is 0.769 bits per heavy atom. The number of aliphatic hydroxyl groups excluding tert-OH is 1. The SMILES string of the molecule is CC1([C@H]2CC[C@@H]3[C@@H]4CC[C@H]5C[C@H](O)CC[C@@]5(C)[C@H]4CC[C@]32C)OCCO1.